The van der Waals surface area contributed by atoms with Crippen LogP contribution in [0.1, 0.15) is 47.5 Å². The van der Waals surface area contributed by atoms with Gasteiger partial charge in [-0.1, -0.05) is 59.7 Å². The van der Waals surface area contributed by atoms with Crippen LogP contribution < -0.4 is 0 Å². The minimum atomic E-state index is 0.246. The van der Waals surface area contributed by atoms with Gasteiger partial charge in [-0.3, -0.25) is 0 Å². The van der Waals surface area contributed by atoms with Gasteiger partial charge in [0.15, 0.2) is 0 Å². The second-order valence-electron chi connectivity index (χ2n) is 4.51. The third-order valence-electron chi connectivity index (χ3n) is 2.25. The molecule has 1 unspecified atom stereocenters. The van der Waals surface area contributed by atoms with Gasteiger partial charge >= 0.3 is 0 Å². The zero-order chi connectivity index (χ0) is 9.78. The Bertz CT molecular complexity index is 132. The van der Waals surface area contributed by atoms with Crippen molar-refractivity contribution in [1.82, 2.24) is 0 Å². The molecule has 0 bridgehead atoms. The van der Waals surface area contributed by atoms with Crippen LogP contribution in [0.4, 0.5) is 0 Å². The van der Waals surface area contributed by atoms with E-state index in [0.29, 0.717) is 5.92 Å². The fraction of sp³-hybridized carbons (Fsp3) is 0.818. The van der Waals surface area contributed by atoms with Crippen molar-refractivity contribution in [1.29, 1.82) is 0 Å². The van der Waals surface area contributed by atoms with E-state index in [2.05, 4.69) is 34.6 Å². The minimum absolute atomic E-state index is 0.246. The highest BCUT2D eigenvalue weighted by atomic mass is 32.1. The van der Waals surface area contributed by atoms with Crippen molar-refractivity contribution in [2.45, 2.75) is 47.5 Å². The molecule has 0 amide bonds. The van der Waals surface area contributed by atoms with Crippen LogP contribution >= 0.6 is 12.2 Å². The van der Waals surface area contributed by atoms with Crippen LogP contribution in [0, 0.1) is 17.3 Å². The Morgan fingerprint density at radius 3 is 2.17 bits per heavy atom. The minimum Gasteiger partial charge on any atom is -0.0928 e. The first-order valence-corrected chi connectivity index (χ1v) is 5.23. The van der Waals surface area contributed by atoms with E-state index >= 15 is 0 Å². The topological polar surface area (TPSA) is 0 Å². The third kappa shape index (κ3) is 3.66. The van der Waals surface area contributed by atoms with Crippen molar-refractivity contribution in [2.24, 2.45) is 11.3 Å². The van der Waals surface area contributed by atoms with Crippen molar-refractivity contribution in [2.75, 3.05) is 0 Å². The van der Waals surface area contributed by atoms with Crippen LogP contribution in [0.25, 0.3) is 0 Å². The summed E-state index contributed by atoms with van der Waals surface area (Å²) in [6, 6.07) is 0. The fourth-order valence-electron chi connectivity index (χ4n) is 1.62. The standard InChI is InChI=1S/C11H21S/c1-6-7-9(2)10(8-12)11(3,4)5/h8-9H,6-7H2,1-5H3. The molecule has 0 saturated heterocycles. The van der Waals surface area contributed by atoms with E-state index in [0.717, 1.165) is 0 Å². The number of rotatable bonds is 4. The van der Waals surface area contributed by atoms with E-state index in [9.17, 15) is 0 Å². The summed E-state index contributed by atoms with van der Waals surface area (Å²) in [6.07, 6.45) is 2.49. The van der Waals surface area contributed by atoms with Gasteiger partial charge in [-0.25, -0.2) is 0 Å². The zero-order valence-electron chi connectivity index (χ0n) is 8.98. The summed E-state index contributed by atoms with van der Waals surface area (Å²) < 4.78 is 0. The van der Waals surface area contributed by atoms with E-state index in [1.54, 1.807) is 0 Å². The summed E-state index contributed by atoms with van der Waals surface area (Å²) in [5.41, 5.74) is 0.246. The van der Waals surface area contributed by atoms with E-state index in [1.165, 1.54) is 18.8 Å². The first kappa shape index (κ1) is 12.1. The lowest BCUT2D eigenvalue weighted by molar-refractivity contribution is 0.381. The Kier molecular flexibility index (Phi) is 5.00. The van der Waals surface area contributed by atoms with Crippen molar-refractivity contribution in [3.8, 4) is 0 Å². The van der Waals surface area contributed by atoms with Crippen LogP contribution in [0.2, 0.25) is 0 Å². The Balaban J connectivity index is 4.24. The molecule has 1 heteroatoms. The summed E-state index contributed by atoms with van der Waals surface area (Å²) in [5, 5.41) is 1.88. The molecule has 0 N–H and O–H groups in total. The highest BCUT2D eigenvalue weighted by Crippen LogP contribution is 2.34. The molecule has 0 fully saturated rings. The highest BCUT2D eigenvalue weighted by molar-refractivity contribution is 7.79. The molecule has 0 aromatic heterocycles. The van der Waals surface area contributed by atoms with Crippen molar-refractivity contribution >= 4 is 17.6 Å². The lowest BCUT2D eigenvalue weighted by Gasteiger charge is -2.31. The number of hydrogen-bond donors (Lipinski definition) is 0. The van der Waals surface area contributed by atoms with Crippen LogP contribution in [-0.4, -0.2) is 5.37 Å². The summed E-state index contributed by atoms with van der Waals surface area (Å²) in [5.74, 6) is 2.06. The summed E-state index contributed by atoms with van der Waals surface area (Å²) in [4.78, 5) is 0. The molecular weight excluding hydrogens is 164 g/mol. The van der Waals surface area contributed by atoms with Gasteiger partial charge in [0.25, 0.3) is 0 Å². The Morgan fingerprint density at radius 2 is 1.92 bits per heavy atom. The molecule has 1 atom stereocenters. The second kappa shape index (κ2) is 4.96. The summed E-state index contributed by atoms with van der Waals surface area (Å²) in [6.45, 7) is 11.2. The Hall–Kier alpha value is 0.0900. The highest BCUT2D eigenvalue weighted by Gasteiger charge is 2.27. The van der Waals surface area contributed by atoms with Crippen LogP contribution in [0.5, 0.6) is 0 Å². The predicted molar refractivity (Wildman–Crippen MR) is 60.4 cm³/mol. The Labute approximate surface area is 82.7 Å². The van der Waals surface area contributed by atoms with Gasteiger partial charge < -0.3 is 0 Å². The van der Waals surface area contributed by atoms with E-state index < -0.39 is 0 Å². The van der Waals surface area contributed by atoms with Gasteiger partial charge in [-0.05, 0) is 16.7 Å². The SMILES string of the molecule is CCCC(C)[C](C=S)C(C)(C)C. The lowest BCUT2D eigenvalue weighted by atomic mass is 9.73. The predicted octanol–water partition coefficient (Wildman–Crippen LogP) is 4.04. The fourth-order valence-corrected chi connectivity index (χ4v) is 2.21. The van der Waals surface area contributed by atoms with Gasteiger partial charge in [0.05, 0.1) is 0 Å². The smallest absolute Gasteiger partial charge is 0.0167 e. The van der Waals surface area contributed by atoms with E-state index in [4.69, 9.17) is 12.2 Å². The normalized spacial score (nSPS) is 14.8. The molecule has 71 valence electrons. The third-order valence-corrected chi connectivity index (χ3v) is 2.50. The Morgan fingerprint density at radius 1 is 1.42 bits per heavy atom. The molecular formula is C11H21S. The molecule has 0 aliphatic heterocycles. The average molecular weight is 185 g/mol. The zero-order valence-corrected chi connectivity index (χ0v) is 9.79. The molecule has 0 aromatic carbocycles. The van der Waals surface area contributed by atoms with E-state index in [-0.39, 0.29) is 5.41 Å². The summed E-state index contributed by atoms with van der Waals surface area (Å²) >= 11 is 5.05. The number of hydrogen-bond acceptors (Lipinski definition) is 1. The molecule has 0 heterocycles. The largest absolute Gasteiger partial charge is 0.0928 e. The molecule has 0 rings (SSSR count). The van der Waals surface area contributed by atoms with Gasteiger partial charge in [0, 0.05) is 5.92 Å². The first-order valence-electron chi connectivity index (χ1n) is 4.76. The molecule has 1 radical (unpaired) electrons. The average Bonchev–Trinajstić information content (AvgIpc) is 1.85. The molecule has 0 aromatic rings. The van der Waals surface area contributed by atoms with Gasteiger partial charge in [0.2, 0.25) is 0 Å². The van der Waals surface area contributed by atoms with Gasteiger partial charge in [0.1, 0.15) is 0 Å². The monoisotopic (exact) mass is 185 g/mol. The quantitative estimate of drug-likeness (QED) is 0.596. The van der Waals surface area contributed by atoms with Crippen LogP contribution in [-0.2, 0) is 0 Å². The van der Waals surface area contributed by atoms with Gasteiger partial charge in [-0.2, -0.15) is 0 Å². The molecule has 0 aliphatic rings. The van der Waals surface area contributed by atoms with Crippen molar-refractivity contribution < 1.29 is 0 Å². The maximum absolute atomic E-state index is 5.05. The molecule has 0 nitrogen and oxygen atoms in total. The first-order chi connectivity index (χ1) is 5.43. The van der Waals surface area contributed by atoms with Crippen molar-refractivity contribution in [3.63, 3.8) is 0 Å². The van der Waals surface area contributed by atoms with Gasteiger partial charge in [-0.15, -0.1) is 0 Å². The molecule has 0 spiro atoms. The second-order valence-corrected chi connectivity index (χ2v) is 4.75. The summed E-state index contributed by atoms with van der Waals surface area (Å²) in [7, 11) is 0. The maximum atomic E-state index is 5.05. The molecule has 0 saturated carbocycles. The van der Waals surface area contributed by atoms with Crippen LogP contribution in [0.3, 0.4) is 0 Å². The maximum Gasteiger partial charge on any atom is 0.0167 e. The van der Waals surface area contributed by atoms with Crippen molar-refractivity contribution in [3.05, 3.63) is 5.92 Å². The molecule has 12 heavy (non-hydrogen) atoms. The van der Waals surface area contributed by atoms with E-state index in [1.807, 2.05) is 5.37 Å². The molecule has 0 aliphatic carbocycles. The lowest BCUT2D eigenvalue weighted by Crippen LogP contribution is -2.25. The number of thiocarbonyl (C=S) groups is 1. The van der Waals surface area contributed by atoms with Crippen LogP contribution in [0.15, 0.2) is 0 Å².